The molecule has 14 heavy (non-hydrogen) atoms. The van der Waals surface area contributed by atoms with Gasteiger partial charge in [-0.25, -0.2) is 0 Å². The summed E-state index contributed by atoms with van der Waals surface area (Å²) in [6.45, 7) is 8.90. The maximum absolute atomic E-state index is 2.46. The molecular weight excluding hydrogens is 188 g/mol. The maximum Gasteiger partial charge on any atom is 0 e. The molecule has 1 nitrogen and oxygen atoms in total. The van der Waals surface area contributed by atoms with Crippen LogP contribution in [0.15, 0.2) is 24.3 Å². The zero-order valence-electron chi connectivity index (χ0n) is 9.25. The molecule has 0 aliphatic carbocycles. The molecule has 0 saturated heterocycles. The molecule has 0 saturated carbocycles. The molecule has 75 valence electrons. The monoisotopic (exact) mass is 206 g/mol. The molecule has 0 aromatic heterocycles. The molecule has 0 N–H and O–H groups in total. The van der Waals surface area contributed by atoms with Crippen molar-refractivity contribution >= 4 is 22.4 Å². The van der Waals surface area contributed by atoms with Gasteiger partial charge in [0.1, 0.15) is 0 Å². The minimum Gasteiger partial charge on any atom is -0.281 e. The highest BCUT2D eigenvalue weighted by Gasteiger charge is 2.02. The van der Waals surface area contributed by atoms with Gasteiger partial charge in [-0.1, -0.05) is 38.1 Å². The molecule has 0 spiro atoms. The fourth-order valence-electron chi connectivity index (χ4n) is 1.25. The third-order valence-corrected chi connectivity index (χ3v) is 3.94. The third-order valence-electron chi connectivity index (χ3n) is 2.19. The number of benzene rings is 1. The molecule has 0 fully saturated rings. The predicted octanol–water partition coefficient (Wildman–Crippen LogP) is 2.17. The van der Waals surface area contributed by atoms with E-state index in [1.165, 1.54) is 10.9 Å². The van der Waals surface area contributed by atoms with Gasteiger partial charge < -0.3 is 0 Å². The summed E-state index contributed by atoms with van der Waals surface area (Å²) in [6, 6.07) is 8.64. The zero-order valence-corrected chi connectivity index (χ0v) is 10.2. The van der Waals surface area contributed by atoms with Crippen molar-refractivity contribution < 1.29 is 0 Å². The Labute approximate surface area is 91.3 Å². The molecule has 0 heterocycles. The Kier molecular flexibility index (Phi) is 6.87. The van der Waals surface area contributed by atoms with Crippen LogP contribution in [0.25, 0.3) is 0 Å². The lowest BCUT2D eigenvalue weighted by molar-refractivity contribution is 0.519. The average molecular weight is 206 g/mol. The van der Waals surface area contributed by atoms with E-state index in [-0.39, 0.29) is 8.41 Å². The van der Waals surface area contributed by atoms with Crippen molar-refractivity contribution in [2.45, 2.75) is 20.8 Å². The van der Waals surface area contributed by atoms with Crippen LogP contribution < -0.4 is 5.30 Å². The van der Waals surface area contributed by atoms with E-state index in [1.54, 1.807) is 0 Å². The first-order chi connectivity index (χ1) is 6.27. The summed E-state index contributed by atoms with van der Waals surface area (Å²) < 4.78 is 2.46. The summed E-state index contributed by atoms with van der Waals surface area (Å²) >= 11 is 0. The molecule has 1 aromatic rings. The van der Waals surface area contributed by atoms with Crippen LogP contribution in [0.1, 0.15) is 19.4 Å². The summed E-state index contributed by atoms with van der Waals surface area (Å²) in [5.41, 5.74) is 1.41. The van der Waals surface area contributed by atoms with Gasteiger partial charge >= 0.3 is 0 Å². The molecule has 1 atom stereocenters. The highest BCUT2D eigenvalue weighted by Crippen LogP contribution is 2.18. The lowest BCUT2D eigenvalue weighted by Gasteiger charge is -2.18. The standard InChI is InChI=1S/C11H18NP.B/c1-4-12(5-2)13-11-9-7-6-8-10(11)3;/h6-9,13H,4-5H2,1-3H3;. The van der Waals surface area contributed by atoms with Crippen molar-refractivity contribution in [3.8, 4) is 0 Å². The van der Waals surface area contributed by atoms with Gasteiger partial charge in [-0.2, -0.15) is 0 Å². The second kappa shape index (κ2) is 7.03. The second-order valence-electron chi connectivity index (χ2n) is 3.10. The van der Waals surface area contributed by atoms with Crippen molar-refractivity contribution in [1.82, 2.24) is 4.67 Å². The van der Waals surface area contributed by atoms with E-state index in [2.05, 4.69) is 49.7 Å². The van der Waals surface area contributed by atoms with Crippen molar-refractivity contribution in [1.29, 1.82) is 0 Å². The van der Waals surface area contributed by atoms with Crippen LogP contribution in [-0.4, -0.2) is 26.2 Å². The highest BCUT2D eigenvalue weighted by atomic mass is 31.1. The maximum atomic E-state index is 2.46. The molecule has 1 aromatic carbocycles. The van der Waals surface area contributed by atoms with E-state index in [0.717, 1.165) is 21.8 Å². The number of nitrogens with zero attached hydrogens (tertiary/aromatic N) is 1. The Morgan fingerprint density at radius 2 is 1.71 bits per heavy atom. The van der Waals surface area contributed by atoms with Gasteiger partial charge in [-0.15, -0.1) is 0 Å². The Balaban J connectivity index is 0.00000169. The Bertz CT molecular complexity index is 261. The molecule has 3 heteroatoms. The first kappa shape index (κ1) is 13.7. The number of hydrogen-bond donors (Lipinski definition) is 0. The normalized spacial score (nSPS) is 10.9. The zero-order chi connectivity index (χ0) is 9.68. The highest BCUT2D eigenvalue weighted by molar-refractivity contribution is 7.44. The number of hydrogen-bond acceptors (Lipinski definition) is 1. The summed E-state index contributed by atoms with van der Waals surface area (Å²) in [4.78, 5) is 0. The van der Waals surface area contributed by atoms with Gasteiger partial charge in [-0.3, -0.25) is 4.67 Å². The summed E-state index contributed by atoms with van der Waals surface area (Å²) in [5, 5.41) is 1.48. The largest absolute Gasteiger partial charge is 0.281 e. The Morgan fingerprint density at radius 1 is 1.14 bits per heavy atom. The summed E-state index contributed by atoms with van der Waals surface area (Å²) in [5.74, 6) is 0. The van der Waals surface area contributed by atoms with E-state index in [1.807, 2.05) is 0 Å². The van der Waals surface area contributed by atoms with Crippen LogP contribution in [0.4, 0.5) is 0 Å². The second-order valence-corrected chi connectivity index (χ2v) is 4.49. The molecular formula is C11H18BNP. The topological polar surface area (TPSA) is 3.24 Å². The van der Waals surface area contributed by atoms with Gasteiger partial charge in [0.25, 0.3) is 0 Å². The van der Waals surface area contributed by atoms with Crippen LogP contribution in [0, 0.1) is 6.92 Å². The summed E-state index contributed by atoms with van der Waals surface area (Å²) in [7, 11) is 0.828. The van der Waals surface area contributed by atoms with Gasteiger partial charge in [0.05, 0.1) is 0 Å². The van der Waals surface area contributed by atoms with Crippen LogP contribution in [-0.2, 0) is 0 Å². The fourth-order valence-corrected chi connectivity index (χ4v) is 2.34. The molecule has 1 unspecified atom stereocenters. The SMILES string of the molecule is CCN(CC)Pc1ccccc1C.[B]. The van der Waals surface area contributed by atoms with E-state index in [4.69, 9.17) is 0 Å². The number of aryl methyl sites for hydroxylation is 1. The van der Waals surface area contributed by atoms with E-state index in [9.17, 15) is 0 Å². The van der Waals surface area contributed by atoms with Crippen LogP contribution in [0.5, 0.6) is 0 Å². The molecule has 0 aliphatic heterocycles. The van der Waals surface area contributed by atoms with E-state index < -0.39 is 0 Å². The fraction of sp³-hybridized carbons (Fsp3) is 0.455. The van der Waals surface area contributed by atoms with Gasteiger partial charge in [0.2, 0.25) is 0 Å². The third kappa shape index (κ3) is 3.81. The molecule has 0 bridgehead atoms. The summed E-state index contributed by atoms with van der Waals surface area (Å²) in [6.07, 6.45) is 0. The van der Waals surface area contributed by atoms with Crippen molar-refractivity contribution in [3.63, 3.8) is 0 Å². The van der Waals surface area contributed by atoms with Crippen molar-refractivity contribution in [2.75, 3.05) is 13.1 Å². The van der Waals surface area contributed by atoms with Crippen molar-refractivity contribution in [2.24, 2.45) is 0 Å². The molecule has 0 amide bonds. The van der Waals surface area contributed by atoms with Gasteiger partial charge in [-0.05, 0) is 39.6 Å². The number of rotatable bonds is 4. The van der Waals surface area contributed by atoms with Crippen LogP contribution in [0.2, 0.25) is 0 Å². The molecule has 1 rings (SSSR count). The van der Waals surface area contributed by atoms with E-state index >= 15 is 0 Å². The first-order valence-corrected chi connectivity index (χ1v) is 5.79. The Morgan fingerprint density at radius 3 is 2.21 bits per heavy atom. The minimum absolute atomic E-state index is 0. The van der Waals surface area contributed by atoms with Gasteiger partial charge in [0, 0.05) is 8.41 Å². The lowest BCUT2D eigenvalue weighted by atomic mass is 10.2. The predicted molar refractivity (Wildman–Crippen MR) is 67.8 cm³/mol. The van der Waals surface area contributed by atoms with Gasteiger partial charge in [0.15, 0.2) is 0 Å². The minimum atomic E-state index is 0. The average Bonchev–Trinajstić information content (AvgIpc) is 2.17. The first-order valence-electron chi connectivity index (χ1n) is 4.85. The van der Waals surface area contributed by atoms with Crippen LogP contribution in [0.3, 0.4) is 0 Å². The quantitative estimate of drug-likeness (QED) is 0.539. The lowest BCUT2D eigenvalue weighted by Crippen LogP contribution is -2.17. The molecule has 0 aliphatic rings. The van der Waals surface area contributed by atoms with Crippen molar-refractivity contribution in [3.05, 3.63) is 29.8 Å². The Hall–Kier alpha value is -0.325. The smallest absolute Gasteiger partial charge is 0 e. The van der Waals surface area contributed by atoms with Crippen LogP contribution >= 0.6 is 8.73 Å². The van der Waals surface area contributed by atoms with E-state index in [0.29, 0.717) is 0 Å². The molecule has 3 radical (unpaired) electrons.